The van der Waals surface area contributed by atoms with E-state index in [4.69, 9.17) is 9.47 Å². The van der Waals surface area contributed by atoms with Crippen LogP contribution in [0.15, 0.2) is 85.6 Å². The number of methoxy groups -OCH3 is 1. The highest BCUT2D eigenvalue weighted by atomic mass is 16.5. The van der Waals surface area contributed by atoms with Gasteiger partial charge in [0.25, 0.3) is 0 Å². The van der Waals surface area contributed by atoms with Gasteiger partial charge >= 0.3 is 5.97 Å². The molecular formula is C31H30N2O3. The number of esters is 1. The second-order valence-corrected chi connectivity index (χ2v) is 9.88. The van der Waals surface area contributed by atoms with E-state index in [0.29, 0.717) is 17.4 Å². The fourth-order valence-electron chi connectivity index (χ4n) is 6.15. The minimum atomic E-state index is -0.428. The third kappa shape index (κ3) is 3.94. The molecule has 5 heteroatoms. The summed E-state index contributed by atoms with van der Waals surface area (Å²) in [5.41, 5.74) is 2.42. The van der Waals surface area contributed by atoms with Crippen LogP contribution in [0.2, 0.25) is 0 Å². The lowest BCUT2D eigenvalue weighted by atomic mass is 9.73. The van der Waals surface area contributed by atoms with Crippen LogP contribution in [0, 0.1) is 11.8 Å². The topological polar surface area (TPSA) is 51.7 Å². The van der Waals surface area contributed by atoms with Crippen LogP contribution in [0.4, 0.5) is 0 Å². The first kappa shape index (κ1) is 22.7. The Kier molecular flexibility index (Phi) is 5.94. The van der Waals surface area contributed by atoms with Crippen molar-refractivity contribution in [2.45, 2.75) is 25.0 Å². The number of aromatic nitrogens is 1. The van der Waals surface area contributed by atoms with E-state index < -0.39 is 6.10 Å². The predicted octanol–water partition coefficient (Wildman–Crippen LogP) is 6.19. The van der Waals surface area contributed by atoms with Crippen molar-refractivity contribution in [1.29, 1.82) is 0 Å². The van der Waals surface area contributed by atoms with Gasteiger partial charge in [0.1, 0.15) is 11.9 Å². The normalized spacial score (nSPS) is 23.9. The fraction of sp³-hybridized carbons (Fsp3) is 0.290. The van der Waals surface area contributed by atoms with Crippen molar-refractivity contribution >= 4 is 27.6 Å². The summed E-state index contributed by atoms with van der Waals surface area (Å²) in [7, 11) is 1.66. The van der Waals surface area contributed by atoms with Crippen LogP contribution < -0.4 is 4.74 Å². The quantitative estimate of drug-likeness (QED) is 0.244. The lowest BCUT2D eigenvalue weighted by molar-refractivity contribution is -0.0567. The average Bonchev–Trinajstić information content (AvgIpc) is 2.95. The fourth-order valence-corrected chi connectivity index (χ4v) is 6.15. The maximum Gasteiger partial charge on any atom is 0.339 e. The average molecular weight is 479 g/mol. The zero-order valence-electron chi connectivity index (χ0n) is 20.5. The molecule has 5 nitrogen and oxygen atoms in total. The Balaban J connectivity index is 1.44. The van der Waals surface area contributed by atoms with E-state index >= 15 is 0 Å². The molecule has 3 aromatic carbocycles. The number of carbonyl (C=O) groups excluding carboxylic acids is 1. The van der Waals surface area contributed by atoms with Gasteiger partial charge in [-0.3, -0.25) is 9.88 Å². The van der Waals surface area contributed by atoms with Gasteiger partial charge < -0.3 is 9.47 Å². The minimum absolute atomic E-state index is 0.0932. The van der Waals surface area contributed by atoms with Crippen LogP contribution in [0.5, 0.6) is 5.75 Å². The van der Waals surface area contributed by atoms with E-state index in [1.807, 2.05) is 72.9 Å². The summed E-state index contributed by atoms with van der Waals surface area (Å²) in [5.74, 6) is 1.50. The highest BCUT2D eigenvalue weighted by Gasteiger charge is 2.44. The molecule has 3 saturated heterocycles. The summed E-state index contributed by atoms with van der Waals surface area (Å²) >= 11 is 0. The Morgan fingerprint density at radius 3 is 2.78 bits per heavy atom. The van der Waals surface area contributed by atoms with Crippen molar-refractivity contribution in [1.82, 2.24) is 9.88 Å². The Morgan fingerprint density at radius 1 is 1.11 bits per heavy atom. The van der Waals surface area contributed by atoms with Crippen LogP contribution in [0.3, 0.4) is 0 Å². The van der Waals surface area contributed by atoms with E-state index in [0.717, 1.165) is 58.9 Å². The van der Waals surface area contributed by atoms with Gasteiger partial charge in [-0.2, -0.15) is 0 Å². The molecule has 3 fully saturated rings. The Morgan fingerprint density at radius 2 is 1.97 bits per heavy atom. The van der Waals surface area contributed by atoms with Crippen molar-refractivity contribution in [3.05, 3.63) is 96.7 Å². The Hall–Kier alpha value is -3.70. The maximum absolute atomic E-state index is 13.8. The molecule has 182 valence electrons. The number of nitrogens with zero attached hydrogens (tertiary/aromatic N) is 2. The highest BCUT2D eigenvalue weighted by molar-refractivity contribution is 6.04. The van der Waals surface area contributed by atoms with Crippen molar-refractivity contribution in [3.63, 3.8) is 0 Å². The summed E-state index contributed by atoms with van der Waals surface area (Å²) in [6.07, 6.45) is 5.60. The van der Waals surface area contributed by atoms with E-state index in [1.54, 1.807) is 7.11 Å². The van der Waals surface area contributed by atoms with Crippen molar-refractivity contribution < 1.29 is 14.3 Å². The van der Waals surface area contributed by atoms with Gasteiger partial charge in [0, 0.05) is 23.7 Å². The van der Waals surface area contributed by atoms with Crippen LogP contribution in [-0.2, 0) is 4.74 Å². The van der Waals surface area contributed by atoms with Gasteiger partial charge in [-0.25, -0.2) is 4.79 Å². The molecular weight excluding hydrogens is 448 g/mol. The van der Waals surface area contributed by atoms with Crippen LogP contribution in [0.1, 0.15) is 34.9 Å². The van der Waals surface area contributed by atoms with Crippen molar-refractivity contribution in [2.24, 2.45) is 11.8 Å². The molecule has 2 bridgehead atoms. The van der Waals surface area contributed by atoms with Gasteiger partial charge in [0.15, 0.2) is 0 Å². The summed E-state index contributed by atoms with van der Waals surface area (Å²) in [6.45, 7) is 6.03. The van der Waals surface area contributed by atoms with Gasteiger partial charge in [0.2, 0.25) is 0 Å². The number of hydrogen-bond donors (Lipinski definition) is 0. The van der Waals surface area contributed by atoms with E-state index in [9.17, 15) is 4.79 Å². The molecule has 36 heavy (non-hydrogen) atoms. The molecule has 0 N–H and O–H groups in total. The number of rotatable bonds is 6. The molecule has 1 aromatic heterocycles. The summed E-state index contributed by atoms with van der Waals surface area (Å²) in [6, 6.07) is 21.7. The molecule has 3 aliphatic heterocycles. The van der Waals surface area contributed by atoms with Gasteiger partial charge in [-0.05, 0) is 72.3 Å². The highest BCUT2D eigenvalue weighted by Crippen LogP contribution is 2.44. The van der Waals surface area contributed by atoms with Crippen LogP contribution >= 0.6 is 0 Å². The van der Waals surface area contributed by atoms with E-state index in [1.165, 1.54) is 0 Å². The number of ether oxygens (including phenoxy) is 2. The second kappa shape index (κ2) is 9.40. The van der Waals surface area contributed by atoms with Crippen molar-refractivity contribution in [2.75, 3.05) is 20.2 Å². The summed E-state index contributed by atoms with van der Waals surface area (Å²) in [5, 5.41) is 2.88. The van der Waals surface area contributed by atoms with Crippen molar-refractivity contribution in [3.8, 4) is 5.75 Å². The molecule has 5 atom stereocenters. The molecule has 3 aliphatic rings. The maximum atomic E-state index is 13.8. The van der Waals surface area contributed by atoms with E-state index in [-0.39, 0.29) is 12.0 Å². The third-order valence-electron chi connectivity index (χ3n) is 8.04. The monoisotopic (exact) mass is 478 g/mol. The predicted molar refractivity (Wildman–Crippen MR) is 142 cm³/mol. The van der Waals surface area contributed by atoms with Crippen LogP contribution in [0.25, 0.3) is 21.7 Å². The zero-order chi connectivity index (χ0) is 24.6. The largest absolute Gasteiger partial charge is 0.497 e. The van der Waals surface area contributed by atoms with Gasteiger partial charge in [-0.15, -0.1) is 6.58 Å². The van der Waals surface area contributed by atoms with Gasteiger partial charge in [0.05, 0.1) is 24.2 Å². The molecule has 0 aliphatic carbocycles. The number of piperidine rings is 3. The first-order valence-corrected chi connectivity index (χ1v) is 12.6. The first-order valence-electron chi connectivity index (χ1n) is 12.6. The number of hydrogen-bond acceptors (Lipinski definition) is 5. The second-order valence-electron chi connectivity index (χ2n) is 9.88. The molecule has 4 unspecified atom stereocenters. The first-order chi connectivity index (χ1) is 17.7. The Bertz CT molecular complexity index is 1440. The summed E-state index contributed by atoms with van der Waals surface area (Å²) in [4.78, 5) is 20.8. The lowest BCUT2D eigenvalue weighted by Gasteiger charge is -2.51. The smallest absolute Gasteiger partial charge is 0.339 e. The van der Waals surface area contributed by atoms with Crippen LogP contribution in [-0.4, -0.2) is 42.1 Å². The molecule has 7 rings (SSSR count). The molecule has 0 radical (unpaired) electrons. The summed E-state index contributed by atoms with van der Waals surface area (Å²) < 4.78 is 12.0. The molecule has 0 saturated carbocycles. The lowest BCUT2D eigenvalue weighted by Crippen LogP contribution is -2.55. The molecule has 0 spiro atoms. The van der Waals surface area contributed by atoms with Gasteiger partial charge in [-0.1, -0.05) is 42.5 Å². The standard InChI is InChI=1S/C31H30N2O3/c1-3-20-19-33-16-14-22(20)17-29(33)30(25-13-15-32-28-12-11-23(35-2)18-27(25)28)36-31(34)26-10-6-8-21-7-4-5-9-24(21)26/h3-13,15,18,20,22,29-30H,1,14,16-17,19H2,2H3/t20?,22?,29?,30-/m1/s1. The van der Waals surface area contributed by atoms with E-state index in [2.05, 4.69) is 22.5 Å². The number of pyridine rings is 1. The Labute approximate surface area is 211 Å². The zero-order valence-corrected chi connectivity index (χ0v) is 20.5. The number of benzene rings is 3. The number of carbonyl (C=O) groups is 1. The molecule has 0 amide bonds. The minimum Gasteiger partial charge on any atom is -0.497 e. The molecule has 4 aromatic rings. The third-order valence-corrected chi connectivity index (χ3v) is 8.04. The molecule has 4 heterocycles. The number of fused-ring (bicyclic) bond motifs is 5. The SMILES string of the molecule is C=CC1CN2CCC1CC2[C@H](OC(=O)c1cccc2ccccc12)c1ccnc2ccc(OC)cc12.